The second-order valence-electron chi connectivity index (χ2n) is 7.04. The van der Waals surface area contributed by atoms with Crippen LogP contribution in [-0.4, -0.2) is 41.1 Å². The smallest absolute Gasteiger partial charge is 0.307 e. The van der Waals surface area contributed by atoms with Gasteiger partial charge in [0.25, 0.3) is 5.91 Å². The summed E-state index contributed by atoms with van der Waals surface area (Å²) in [5.41, 5.74) is 2.92. The first kappa shape index (κ1) is 22.7. The number of nitrogens with one attached hydrogen (secondary N) is 2. The largest absolute Gasteiger partial charge is 0.494 e. The molecule has 32 heavy (non-hydrogen) atoms. The zero-order valence-electron chi connectivity index (χ0n) is 17.7. The number of carbonyl (C=O) groups excluding carboxylic acids is 1. The van der Waals surface area contributed by atoms with Crippen LogP contribution in [0.2, 0.25) is 0 Å². The molecule has 3 aromatic rings. The van der Waals surface area contributed by atoms with Gasteiger partial charge in [-0.25, -0.2) is 14.4 Å². The number of hydrogen-bond donors (Lipinski definition) is 3. The molecule has 0 atom stereocenters. The van der Waals surface area contributed by atoms with E-state index in [4.69, 9.17) is 9.84 Å². The van der Waals surface area contributed by atoms with Crippen molar-refractivity contribution in [2.24, 2.45) is 0 Å². The fraction of sp³-hybridized carbons (Fsp3) is 0.217. The summed E-state index contributed by atoms with van der Waals surface area (Å²) in [5, 5.41) is 14.4. The van der Waals surface area contributed by atoms with Gasteiger partial charge in [-0.3, -0.25) is 9.59 Å². The van der Waals surface area contributed by atoms with Gasteiger partial charge in [0.1, 0.15) is 0 Å². The number of aryl methyl sites for hydroxylation is 2. The molecule has 1 heterocycles. The van der Waals surface area contributed by atoms with E-state index in [9.17, 15) is 14.0 Å². The molecule has 166 valence electrons. The summed E-state index contributed by atoms with van der Waals surface area (Å²) >= 11 is 0. The number of ether oxygens (including phenoxy) is 1. The Morgan fingerprint density at radius 2 is 1.75 bits per heavy atom. The highest BCUT2D eigenvalue weighted by atomic mass is 19.1. The van der Waals surface area contributed by atoms with Crippen LogP contribution in [0.5, 0.6) is 5.75 Å². The van der Waals surface area contributed by atoms with Crippen molar-refractivity contribution in [3.05, 3.63) is 76.9 Å². The molecule has 0 saturated carbocycles. The third-order valence-electron chi connectivity index (χ3n) is 4.78. The monoisotopic (exact) mass is 438 g/mol. The average molecular weight is 438 g/mol. The molecule has 8 nitrogen and oxygen atoms in total. The second-order valence-corrected chi connectivity index (χ2v) is 7.04. The molecule has 2 aromatic carbocycles. The number of methoxy groups -OCH3 is 1. The minimum Gasteiger partial charge on any atom is -0.494 e. The number of nitrogens with zero attached hydrogens (tertiary/aromatic N) is 2. The number of aliphatic carboxylic acids is 1. The van der Waals surface area contributed by atoms with Crippen LogP contribution in [0, 0.1) is 5.82 Å². The van der Waals surface area contributed by atoms with Crippen molar-refractivity contribution in [1.29, 1.82) is 0 Å². The molecule has 0 fully saturated rings. The Morgan fingerprint density at radius 3 is 2.34 bits per heavy atom. The molecule has 9 heteroatoms. The van der Waals surface area contributed by atoms with Gasteiger partial charge in [-0.2, -0.15) is 0 Å². The van der Waals surface area contributed by atoms with Gasteiger partial charge >= 0.3 is 5.97 Å². The molecule has 0 aliphatic rings. The first-order valence-electron chi connectivity index (χ1n) is 9.86. The molecular formula is C23H23FN4O4. The summed E-state index contributed by atoms with van der Waals surface area (Å²) in [4.78, 5) is 31.2. The fourth-order valence-corrected chi connectivity index (χ4v) is 3.10. The number of anilines is 2. The number of benzene rings is 2. The Balaban J connectivity index is 1.65. The van der Waals surface area contributed by atoms with Crippen LogP contribution in [0.25, 0.3) is 0 Å². The van der Waals surface area contributed by atoms with Gasteiger partial charge in [-0.15, -0.1) is 0 Å². The van der Waals surface area contributed by atoms with E-state index in [1.54, 1.807) is 36.7 Å². The molecule has 0 aliphatic heterocycles. The van der Waals surface area contributed by atoms with E-state index in [1.165, 1.54) is 26.3 Å². The van der Waals surface area contributed by atoms with Crippen molar-refractivity contribution in [3.63, 3.8) is 0 Å². The van der Waals surface area contributed by atoms with Crippen molar-refractivity contribution in [1.82, 2.24) is 15.3 Å². The van der Waals surface area contributed by atoms with Crippen LogP contribution in [0.3, 0.4) is 0 Å². The van der Waals surface area contributed by atoms with Crippen molar-refractivity contribution in [3.8, 4) is 5.75 Å². The normalized spacial score (nSPS) is 10.5. The Bertz CT molecular complexity index is 1100. The first-order chi connectivity index (χ1) is 15.4. The fourth-order valence-electron chi connectivity index (χ4n) is 3.10. The zero-order valence-corrected chi connectivity index (χ0v) is 17.7. The maximum Gasteiger partial charge on any atom is 0.307 e. The first-order valence-corrected chi connectivity index (χ1v) is 9.86. The summed E-state index contributed by atoms with van der Waals surface area (Å²) in [5.74, 6) is -1.30. The van der Waals surface area contributed by atoms with Crippen LogP contribution < -0.4 is 15.4 Å². The number of amides is 1. The van der Waals surface area contributed by atoms with Gasteiger partial charge in [0.2, 0.25) is 5.95 Å². The van der Waals surface area contributed by atoms with E-state index < -0.39 is 11.8 Å². The maximum atomic E-state index is 14.6. The molecule has 1 amide bonds. The lowest BCUT2D eigenvalue weighted by atomic mass is 10.0. The topological polar surface area (TPSA) is 113 Å². The predicted octanol–water partition coefficient (Wildman–Crippen LogP) is 3.14. The Kier molecular flexibility index (Phi) is 7.33. The molecule has 0 radical (unpaired) electrons. The minimum absolute atomic E-state index is 0.0197. The maximum absolute atomic E-state index is 14.6. The van der Waals surface area contributed by atoms with Gasteiger partial charge in [-0.1, -0.05) is 12.1 Å². The van der Waals surface area contributed by atoms with Crippen molar-refractivity contribution in [2.75, 3.05) is 19.5 Å². The third-order valence-corrected chi connectivity index (χ3v) is 4.78. The minimum atomic E-state index is -0.886. The van der Waals surface area contributed by atoms with Gasteiger partial charge in [0, 0.05) is 30.7 Å². The number of rotatable bonds is 9. The van der Waals surface area contributed by atoms with E-state index in [0.29, 0.717) is 35.5 Å². The molecule has 0 spiro atoms. The summed E-state index contributed by atoms with van der Waals surface area (Å²) in [6.45, 7) is 0. The highest BCUT2D eigenvalue weighted by molar-refractivity contribution is 5.94. The molecule has 0 aliphatic carbocycles. The van der Waals surface area contributed by atoms with Gasteiger partial charge in [0.05, 0.1) is 13.5 Å². The van der Waals surface area contributed by atoms with Crippen LogP contribution in [0.1, 0.15) is 27.0 Å². The van der Waals surface area contributed by atoms with E-state index in [0.717, 1.165) is 11.3 Å². The van der Waals surface area contributed by atoms with Crippen LogP contribution >= 0.6 is 0 Å². The van der Waals surface area contributed by atoms with E-state index >= 15 is 0 Å². The SMILES string of the molecule is CNC(=O)c1cc(CCc2cnc(Nc3ccc(CC(=O)O)cc3)nc2)c(F)c(OC)c1. The number of hydrogen-bond acceptors (Lipinski definition) is 6. The van der Waals surface area contributed by atoms with Gasteiger partial charge < -0.3 is 20.5 Å². The van der Waals surface area contributed by atoms with E-state index in [-0.39, 0.29) is 18.1 Å². The molecule has 0 saturated heterocycles. The van der Waals surface area contributed by atoms with E-state index in [2.05, 4.69) is 20.6 Å². The van der Waals surface area contributed by atoms with Crippen molar-refractivity contribution < 1.29 is 23.8 Å². The lowest BCUT2D eigenvalue weighted by Gasteiger charge is -2.11. The summed E-state index contributed by atoms with van der Waals surface area (Å²) in [7, 11) is 2.87. The number of aromatic nitrogens is 2. The van der Waals surface area contributed by atoms with Crippen LogP contribution in [0.4, 0.5) is 16.0 Å². The number of halogens is 1. The zero-order chi connectivity index (χ0) is 23.1. The summed E-state index contributed by atoms with van der Waals surface area (Å²) in [6.07, 6.45) is 4.07. The molecule has 1 aromatic heterocycles. The molecule has 0 bridgehead atoms. The molecular weight excluding hydrogens is 415 g/mol. The number of carboxylic acid groups (broad SMARTS) is 1. The lowest BCUT2D eigenvalue weighted by molar-refractivity contribution is -0.136. The van der Waals surface area contributed by atoms with Crippen molar-refractivity contribution >= 4 is 23.5 Å². The van der Waals surface area contributed by atoms with Gasteiger partial charge in [0.15, 0.2) is 11.6 Å². The Hall–Kier alpha value is -4.01. The third kappa shape index (κ3) is 5.78. The number of carboxylic acids is 1. The summed E-state index contributed by atoms with van der Waals surface area (Å²) < 4.78 is 19.7. The quantitative estimate of drug-likeness (QED) is 0.470. The second kappa shape index (κ2) is 10.3. The summed E-state index contributed by atoms with van der Waals surface area (Å²) in [6, 6.07) is 9.84. The van der Waals surface area contributed by atoms with Crippen LogP contribution in [0.15, 0.2) is 48.8 Å². The Morgan fingerprint density at radius 1 is 1.06 bits per heavy atom. The standard InChI is InChI=1S/C23H23FN4O4/c1-25-22(31)17-10-16(21(24)19(11-17)32-2)6-3-15-12-26-23(27-13-15)28-18-7-4-14(5-8-18)9-20(29)30/h4-5,7-8,10-13H,3,6,9H2,1-2H3,(H,25,31)(H,29,30)(H,26,27,28). The highest BCUT2D eigenvalue weighted by Crippen LogP contribution is 2.24. The average Bonchev–Trinajstić information content (AvgIpc) is 2.79. The van der Waals surface area contributed by atoms with Crippen molar-refractivity contribution in [2.45, 2.75) is 19.3 Å². The molecule has 3 N–H and O–H groups in total. The van der Waals surface area contributed by atoms with E-state index in [1.807, 2.05) is 0 Å². The Labute approximate surface area is 184 Å². The van der Waals surface area contributed by atoms with Gasteiger partial charge in [-0.05, 0) is 53.8 Å². The lowest BCUT2D eigenvalue weighted by Crippen LogP contribution is -2.18. The highest BCUT2D eigenvalue weighted by Gasteiger charge is 2.15. The number of carbonyl (C=O) groups is 2. The molecule has 3 rings (SSSR count). The predicted molar refractivity (Wildman–Crippen MR) is 117 cm³/mol. The van der Waals surface area contributed by atoms with Crippen LogP contribution in [-0.2, 0) is 24.1 Å². The molecule has 0 unspecified atom stereocenters.